The molecular weight excluding hydrogens is 292 g/mol. The van der Waals surface area contributed by atoms with E-state index in [0.29, 0.717) is 23.7 Å². The predicted octanol–water partition coefficient (Wildman–Crippen LogP) is 3.30. The Balaban J connectivity index is 2.09. The number of hydrogen-bond donors (Lipinski definition) is 2. The molecule has 1 fully saturated rings. The first kappa shape index (κ1) is 15.6. The van der Waals surface area contributed by atoms with Gasteiger partial charge in [0.1, 0.15) is 0 Å². The predicted molar refractivity (Wildman–Crippen MR) is 81.6 cm³/mol. The van der Waals surface area contributed by atoms with E-state index in [9.17, 15) is 14.7 Å². The molecule has 1 aromatic carbocycles. The maximum absolute atomic E-state index is 12.3. The minimum absolute atomic E-state index is 0.0342. The lowest BCUT2D eigenvalue weighted by atomic mass is 9.76. The molecule has 0 spiro atoms. The number of halogens is 1. The van der Waals surface area contributed by atoms with Gasteiger partial charge >= 0.3 is 12.0 Å². The summed E-state index contributed by atoms with van der Waals surface area (Å²) in [5.41, 5.74) is -0.334. The molecule has 1 unspecified atom stereocenters. The smallest absolute Gasteiger partial charge is 0.321 e. The van der Waals surface area contributed by atoms with Crippen LogP contribution in [0.15, 0.2) is 24.3 Å². The molecule has 2 rings (SSSR count). The zero-order chi connectivity index (χ0) is 15.6. The molecule has 114 valence electrons. The fourth-order valence-electron chi connectivity index (χ4n) is 2.66. The van der Waals surface area contributed by atoms with E-state index in [1.165, 1.54) is 4.90 Å². The number of amides is 2. The highest BCUT2D eigenvalue weighted by Gasteiger charge is 2.48. The number of carboxylic acid groups (broad SMARTS) is 1. The zero-order valence-electron chi connectivity index (χ0n) is 12.1. The van der Waals surface area contributed by atoms with Gasteiger partial charge in [-0.2, -0.15) is 0 Å². The Morgan fingerprint density at radius 3 is 2.57 bits per heavy atom. The van der Waals surface area contributed by atoms with Crippen LogP contribution in [0.2, 0.25) is 5.02 Å². The summed E-state index contributed by atoms with van der Waals surface area (Å²) in [5, 5.41) is 12.7. The average molecular weight is 311 g/mol. The molecule has 2 amide bonds. The van der Waals surface area contributed by atoms with Crippen LogP contribution in [0.25, 0.3) is 0 Å². The number of carboxylic acids is 1. The molecule has 0 radical (unpaired) electrons. The van der Waals surface area contributed by atoms with Crippen LogP contribution in [0.3, 0.4) is 0 Å². The number of nitrogens with one attached hydrogen (secondary N) is 1. The fraction of sp³-hybridized carbons (Fsp3) is 0.467. The van der Waals surface area contributed by atoms with Crippen LogP contribution >= 0.6 is 11.6 Å². The fourth-order valence-corrected chi connectivity index (χ4v) is 2.84. The molecule has 1 atom stereocenters. The van der Waals surface area contributed by atoms with Crippen molar-refractivity contribution >= 4 is 29.3 Å². The molecule has 6 heteroatoms. The third kappa shape index (κ3) is 2.97. The van der Waals surface area contributed by atoms with Gasteiger partial charge in [0.15, 0.2) is 0 Å². The summed E-state index contributed by atoms with van der Waals surface area (Å²) in [6, 6.07) is 6.65. The van der Waals surface area contributed by atoms with Crippen LogP contribution < -0.4 is 5.32 Å². The lowest BCUT2D eigenvalue weighted by Crippen LogP contribution is -2.41. The SMILES string of the molecule is CC(C)C1(C(=O)O)CCN(C(=O)Nc2ccccc2Cl)C1. The second-order valence-corrected chi connectivity index (χ2v) is 6.10. The summed E-state index contributed by atoms with van der Waals surface area (Å²) in [6.45, 7) is 4.41. The maximum Gasteiger partial charge on any atom is 0.321 e. The standard InChI is InChI=1S/C15H19ClN2O3/c1-10(2)15(13(19)20)7-8-18(9-15)14(21)17-12-6-4-3-5-11(12)16/h3-6,10H,7-9H2,1-2H3,(H,17,21)(H,19,20). The molecule has 5 nitrogen and oxygen atoms in total. The van der Waals surface area contributed by atoms with Crippen molar-refractivity contribution in [2.75, 3.05) is 18.4 Å². The van der Waals surface area contributed by atoms with E-state index >= 15 is 0 Å². The van der Waals surface area contributed by atoms with Crippen LogP contribution in [0.1, 0.15) is 20.3 Å². The lowest BCUT2D eigenvalue weighted by molar-refractivity contribution is -0.150. The third-order valence-electron chi connectivity index (χ3n) is 4.23. The molecule has 1 heterocycles. The number of benzene rings is 1. The molecule has 21 heavy (non-hydrogen) atoms. The second-order valence-electron chi connectivity index (χ2n) is 5.70. The Kier molecular flexibility index (Phi) is 4.42. The van der Waals surface area contributed by atoms with Crippen molar-refractivity contribution in [3.8, 4) is 0 Å². The number of carbonyl (C=O) groups is 2. The number of urea groups is 1. The summed E-state index contributed by atoms with van der Waals surface area (Å²) in [7, 11) is 0. The Morgan fingerprint density at radius 2 is 2.05 bits per heavy atom. The summed E-state index contributed by atoms with van der Waals surface area (Å²) < 4.78 is 0. The molecule has 1 aromatic rings. The number of carbonyl (C=O) groups excluding carboxylic acids is 1. The Bertz CT molecular complexity index is 562. The Hall–Kier alpha value is -1.75. The van der Waals surface area contributed by atoms with Crippen molar-refractivity contribution in [1.29, 1.82) is 0 Å². The van der Waals surface area contributed by atoms with E-state index in [-0.39, 0.29) is 18.5 Å². The van der Waals surface area contributed by atoms with E-state index in [0.717, 1.165) is 0 Å². The van der Waals surface area contributed by atoms with Crippen molar-refractivity contribution in [3.05, 3.63) is 29.3 Å². The Labute approximate surface area is 128 Å². The normalized spacial score (nSPS) is 21.6. The summed E-state index contributed by atoms with van der Waals surface area (Å²) in [5.74, 6) is -0.876. The molecule has 1 aliphatic rings. The Morgan fingerprint density at radius 1 is 1.38 bits per heavy atom. The first-order valence-corrected chi connectivity index (χ1v) is 7.28. The highest BCUT2D eigenvalue weighted by Crippen LogP contribution is 2.38. The van der Waals surface area contributed by atoms with E-state index in [4.69, 9.17) is 11.6 Å². The van der Waals surface area contributed by atoms with Crippen LogP contribution in [0.4, 0.5) is 10.5 Å². The van der Waals surface area contributed by atoms with Gasteiger partial charge in [-0.15, -0.1) is 0 Å². The largest absolute Gasteiger partial charge is 0.481 e. The van der Waals surface area contributed by atoms with Gasteiger partial charge in [0.25, 0.3) is 0 Å². The molecule has 1 aliphatic heterocycles. The van der Waals surface area contributed by atoms with Crippen molar-refractivity contribution in [2.24, 2.45) is 11.3 Å². The van der Waals surface area contributed by atoms with Gasteiger partial charge in [0.2, 0.25) is 0 Å². The summed E-state index contributed by atoms with van der Waals surface area (Å²) in [6.07, 6.45) is 0.468. The van der Waals surface area contributed by atoms with Gasteiger partial charge in [-0.1, -0.05) is 37.6 Å². The summed E-state index contributed by atoms with van der Waals surface area (Å²) in [4.78, 5) is 25.4. The average Bonchev–Trinajstić information content (AvgIpc) is 2.88. The lowest BCUT2D eigenvalue weighted by Gasteiger charge is -2.28. The first-order valence-electron chi connectivity index (χ1n) is 6.90. The van der Waals surface area contributed by atoms with Gasteiger partial charge in [-0.25, -0.2) is 4.79 Å². The number of anilines is 1. The number of aliphatic carboxylic acids is 1. The van der Waals surface area contributed by atoms with E-state index in [2.05, 4.69) is 5.32 Å². The molecule has 0 saturated carbocycles. The topological polar surface area (TPSA) is 69.6 Å². The van der Waals surface area contributed by atoms with E-state index < -0.39 is 11.4 Å². The van der Waals surface area contributed by atoms with Crippen LogP contribution in [-0.4, -0.2) is 35.1 Å². The number of likely N-dealkylation sites (tertiary alicyclic amines) is 1. The van der Waals surface area contributed by atoms with Gasteiger partial charge in [0, 0.05) is 13.1 Å². The zero-order valence-corrected chi connectivity index (χ0v) is 12.9. The highest BCUT2D eigenvalue weighted by molar-refractivity contribution is 6.33. The molecule has 0 aliphatic carbocycles. The van der Waals surface area contributed by atoms with E-state index in [1.807, 2.05) is 13.8 Å². The third-order valence-corrected chi connectivity index (χ3v) is 4.56. The quantitative estimate of drug-likeness (QED) is 0.900. The van der Waals surface area contributed by atoms with Gasteiger partial charge in [-0.3, -0.25) is 4.79 Å². The molecule has 0 bridgehead atoms. The molecule has 0 aromatic heterocycles. The van der Waals surface area contributed by atoms with Crippen LogP contribution in [0, 0.1) is 11.3 Å². The van der Waals surface area contributed by atoms with Gasteiger partial charge in [-0.05, 0) is 24.5 Å². The second kappa shape index (κ2) is 5.93. The van der Waals surface area contributed by atoms with Crippen LogP contribution in [0.5, 0.6) is 0 Å². The number of rotatable bonds is 3. The van der Waals surface area contributed by atoms with Gasteiger partial charge in [0.05, 0.1) is 16.1 Å². The van der Waals surface area contributed by atoms with Crippen molar-refractivity contribution in [2.45, 2.75) is 20.3 Å². The van der Waals surface area contributed by atoms with Crippen molar-refractivity contribution in [3.63, 3.8) is 0 Å². The van der Waals surface area contributed by atoms with Gasteiger partial charge < -0.3 is 15.3 Å². The molecular formula is C15H19ClN2O3. The number of nitrogens with zero attached hydrogens (tertiary/aromatic N) is 1. The molecule has 1 saturated heterocycles. The first-order chi connectivity index (χ1) is 9.86. The highest BCUT2D eigenvalue weighted by atomic mass is 35.5. The minimum Gasteiger partial charge on any atom is -0.481 e. The van der Waals surface area contributed by atoms with Crippen LogP contribution in [-0.2, 0) is 4.79 Å². The summed E-state index contributed by atoms with van der Waals surface area (Å²) >= 11 is 6.00. The number of para-hydroxylation sites is 1. The molecule has 2 N–H and O–H groups in total. The maximum atomic E-state index is 12.3. The van der Waals surface area contributed by atoms with E-state index in [1.54, 1.807) is 24.3 Å². The monoisotopic (exact) mass is 310 g/mol. The minimum atomic E-state index is -0.863. The number of hydrogen-bond acceptors (Lipinski definition) is 2. The van der Waals surface area contributed by atoms with Crippen molar-refractivity contribution < 1.29 is 14.7 Å². The van der Waals surface area contributed by atoms with Crippen molar-refractivity contribution in [1.82, 2.24) is 4.90 Å².